The fourth-order valence-corrected chi connectivity index (χ4v) is 4.82. The molecule has 0 atom stereocenters. The number of carbonyl (C=O) groups excluding carboxylic acids is 1. The maximum Gasteiger partial charge on any atom is 0.266 e. The second-order valence-electron chi connectivity index (χ2n) is 7.65. The number of hydrogen-bond donors (Lipinski definition) is 1. The number of amides is 1. The standard InChI is InChI=1S/C23H30N4O2S/c1-7-26(8-2)11-12-27-17(6)24-22-19(23(27)29)16(5)20(30-22)21(28)25-18-10-9-14(3)13-15(18)4/h9-10,13H,7-8,11-12H2,1-6H3,(H,25,28). The van der Waals surface area contributed by atoms with Crippen molar-refractivity contribution in [2.75, 3.05) is 25.0 Å². The first-order valence-electron chi connectivity index (χ1n) is 10.4. The summed E-state index contributed by atoms with van der Waals surface area (Å²) in [6.07, 6.45) is 0. The minimum Gasteiger partial charge on any atom is -0.321 e. The summed E-state index contributed by atoms with van der Waals surface area (Å²) in [6, 6.07) is 5.92. The van der Waals surface area contributed by atoms with E-state index in [1.807, 2.05) is 45.9 Å². The number of rotatable bonds is 7. The van der Waals surface area contributed by atoms with Gasteiger partial charge in [-0.05, 0) is 58.0 Å². The molecule has 0 saturated heterocycles. The van der Waals surface area contributed by atoms with Crippen molar-refractivity contribution in [2.24, 2.45) is 0 Å². The zero-order valence-corrected chi connectivity index (χ0v) is 19.4. The Morgan fingerprint density at radius 3 is 2.50 bits per heavy atom. The molecule has 0 spiro atoms. The van der Waals surface area contributed by atoms with Crippen molar-refractivity contribution in [2.45, 2.75) is 48.1 Å². The van der Waals surface area contributed by atoms with E-state index in [9.17, 15) is 9.59 Å². The number of likely N-dealkylation sites (N-methyl/N-ethyl adjacent to an activating group) is 1. The molecule has 0 saturated carbocycles. The first-order chi connectivity index (χ1) is 14.3. The minimum absolute atomic E-state index is 0.0658. The highest BCUT2D eigenvalue weighted by Gasteiger charge is 2.21. The monoisotopic (exact) mass is 426 g/mol. The van der Waals surface area contributed by atoms with Gasteiger partial charge in [-0.2, -0.15) is 0 Å². The highest BCUT2D eigenvalue weighted by atomic mass is 32.1. The molecule has 160 valence electrons. The van der Waals surface area contributed by atoms with E-state index in [-0.39, 0.29) is 11.5 Å². The van der Waals surface area contributed by atoms with Gasteiger partial charge in [-0.25, -0.2) is 4.98 Å². The van der Waals surface area contributed by atoms with Crippen LogP contribution in [0.3, 0.4) is 0 Å². The molecule has 3 rings (SSSR count). The third-order valence-corrected chi connectivity index (χ3v) is 6.80. The van der Waals surface area contributed by atoms with Crippen molar-refractivity contribution in [1.29, 1.82) is 0 Å². The number of benzene rings is 1. The molecule has 0 fully saturated rings. The van der Waals surface area contributed by atoms with Gasteiger partial charge in [0.2, 0.25) is 0 Å². The average molecular weight is 427 g/mol. The smallest absolute Gasteiger partial charge is 0.266 e. The molecule has 0 aliphatic heterocycles. The number of fused-ring (bicyclic) bond motifs is 1. The predicted molar refractivity (Wildman–Crippen MR) is 125 cm³/mol. The Morgan fingerprint density at radius 2 is 1.87 bits per heavy atom. The van der Waals surface area contributed by atoms with E-state index in [0.717, 1.165) is 36.4 Å². The summed E-state index contributed by atoms with van der Waals surface area (Å²) in [7, 11) is 0. The quantitative estimate of drug-likeness (QED) is 0.612. The molecule has 6 nitrogen and oxygen atoms in total. The average Bonchev–Trinajstić information content (AvgIpc) is 3.03. The van der Waals surface area contributed by atoms with Crippen molar-refractivity contribution in [3.63, 3.8) is 0 Å². The second kappa shape index (κ2) is 9.10. The van der Waals surface area contributed by atoms with E-state index in [1.54, 1.807) is 4.57 Å². The normalized spacial score (nSPS) is 11.4. The minimum atomic E-state index is -0.200. The molecule has 2 heterocycles. The summed E-state index contributed by atoms with van der Waals surface area (Å²) in [6.45, 7) is 15.2. The Labute approximate surface area is 181 Å². The molecule has 0 bridgehead atoms. The Bertz CT molecular complexity index is 1140. The lowest BCUT2D eigenvalue weighted by Gasteiger charge is -2.19. The summed E-state index contributed by atoms with van der Waals surface area (Å²) in [5.74, 6) is 0.483. The second-order valence-corrected chi connectivity index (χ2v) is 8.65. The van der Waals surface area contributed by atoms with E-state index >= 15 is 0 Å². The van der Waals surface area contributed by atoms with Crippen molar-refractivity contribution in [3.8, 4) is 0 Å². The number of carbonyl (C=O) groups is 1. The van der Waals surface area contributed by atoms with Gasteiger partial charge in [0, 0.05) is 18.8 Å². The van der Waals surface area contributed by atoms with Gasteiger partial charge >= 0.3 is 0 Å². The lowest BCUT2D eigenvalue weighted by Crippen LogP contribution is -2.32. The van der Waals surface area contributed by atoms with Crippen LogP contribution in [0.25, 0.3) is 10.2 Å². The Balaban J connectivity index is 1.96. The summed E-state index contributed by atoms with van der Waals surface area (Å²) in [4.78, 5) is 34.3. The van der Waals surface area contributed by atoms with E-state index in [2.05, 4.69) is 29.0 Å². The van der Waals surface area contributed by atoms with Crippen molar-refractivity contribution < 1.29 is 4.79 Å². The molecule has 0 radical (unpaired) electrons. The number of aromatic nitrogens is 2. The third-order valence-electron chi connectivity index (χ3n) is 5.61. The summed E-state index contributed by atoms with van der Waals surface area (Å²) < 4.78 is 1.73. The van der Waals surface area contributed by atoms with Gasteiger partial charge in [0.15, 0.2) is 0 Å². The SMILES string of the molecule is CCN(CC)CCn1c(C)nc2sc(C(=O)Nc3ccc(C)cc3C)c(C)c2c1=O. The number of thiophene rings is 1. The van der Waals surface area contributed by atoms with Gasteiger partial charge < -0.3 is 10.2 Å². The number of aryl methyl sites for hydroxylation is 4. The molecule has 2 aromatic heterocycles. The van der Waals surface area contributed by atoms with Crippen LogP contribution < -0.4 is 10.9 Å². The first kappa shape index (κ1) is 22.2. The number of nitrogens with zero attached hydrogens (tertiary/aromatic N) is 3. The Morgan fingerprint density at radius 1 is 1.17 bits per heavy atom. The molecular weight excluding hydrogens is 396 g/mol. The molecule has 0 aliphatic carbocycles. The Kier molecular flexibility index (Phi) is 6.73. The summed E-state index contributed by atoms with van der Waals surface area (Å²) in [5.41, 5.74) is 3.57. The van der Waals surface area contributed by atoms with Crippen molar-refractivity contribution in [1.82, 2.24) is 14.5 Å². The third kappa shape index (κ3) is 4.32. The molecular formula is C23H30N4O2S. The molecule has 7 heteroatoms. The maximum atomic E-state index is 13.2. The van der Waals surface area contributed by atoms with Crippen LogP contribution in [-0.4, -0.2) is 40.0 Å². The number of anilines is 1. The summed E-state index contributed by atoms with van der Waals surface area (Å²) in [5, 5.41) is 3.54. The van der Waals surface area contributed by atoms with Crippen LogP contribution in [0, 0.1) is 27.7 Å². The molecule has 30 heavy (non-hydrogen) atoms. The van der Waals surface area contributed by atoms with Gasteiger partial charge in [0.05, 0.1) is 10.3 Å². The van der Waals surface area contributed by atoms with Crippen LogP contribution in [-0.2, 0) is 6.54 Å². The highest BCUT2D eigenvalue weighted by Crippen LogP contribution is 2.28. The van der Waals surface area contributed by atoms with Gasteiger partial charge in [-0.1, -0.05) is 31.5 Å². The van der Waals surface area contributed by atoms with Crippen LogP contribution in [0.4, 0.5) is 5.69 Å². The molecule has 1 aromatic carbocycles. The van der Waals surface area contributed by atoms with E-state index < -0.39 is 0 Å². The van der Waals surface area contributed by atoms with E-state index in [4.69, 9.17) is 0 Å². The van der Waals surface area contributed by atoms with Crippen LogP contribution in [0.5, 0.6) is 0 Å². The van der Waals surface area contributed by atoms with Crippen molar-refractivity contribution in [3.05, 3.63) is 55.9 Å². The van der Waals surface area contributed by atoms with Gasteiger partial charge in [-0.3, -0.25) is 14.2 Å². The fraction of sp³-hybridized carbons (Fsp3) is 0.435. The zero-order valence-electron chi connectivity index (χ0n) is 18.6. The summed E-state index contributed by atoms with van der Waals surface area (Å²) >= 11 is 1.28. The molecule has 3 aromatic rings. The highest BCUT2D eigenvalue weighted by molar-refractivity contribution is 7.20. The first-order valence-corrected chi connectivity index (χ1v) is 11.2. The fourth-order valence-electron chi connectivity index (χ4n) is 3.71. The van der Waals surface area contributed by atoms with Gasteiger partial charge in [0.1, 0.15) is 10.7 Å². The van der Waals surface area contributed by atoms with Crippen molar-refractivity contribution >= 4 is 33.1 Å². The maximum absolute atomic E-state index is 13.2. The van der Waals surface area contributed by atoms with Crippen LogP contribution in [0.1, 0.15) is 46.0 Å². The molecule has 1 amide bonds. The lowest BCUT2D eigenvalue weighted by molar-refractivity contribution is 0.103. The van der Waals surface area contributed by atoms with Gasteiger partial charge in [0.25, 0.3) is 11.5 Å². The topological polar surface area (TPSA) is 67.2 Å². The number of hydrogen-bond acceptors (Lipinski definition) is 5. The van der Waals surface area contributed by atoms with E-state index in [1.165, 1.54) is 11.3 Å². The van der Waals surface area contributed by atoms with Crippen LogP contribution in [0.15, 0.2) is 23.0 Å². The van der Waals surface area contributed by atoms with Crippen LogP contribution in [0.2, 0.25) is 0 Å². The van der Waals surface area contributed by atoms with Gasteiger partial charge in [-0.15, -0.1) is 11.3 Å². The predicted octanol–water partition coefficient (Wildman–Crippen LogP) is 4.29. The molecule has 0 unspecified atom stereocenters. The zero-order chi connectivity index (χ0) is 22.0. The lowest BCUT2D eigenvalue weighted by atomic mass is 10.1. The largest absolute Gasteiger partial charge is 0.321 e. The van der Waals surface area contributed by atoms with Crippen LogP contribution >= 0.6 is 11.3 Å². The molecule has 0 aliphatic rings. The number of nitrogens with one attached hydrogen (secondary N) is 1. The van der Waals surface area contributed by atoms with E-state index in [0.29, 0.717) is 33.0 Å². The Hall–Kier alpha value is -2.51. The molecule has 1 N–H and O–H groups in total.